The molecule has 0 bridgehead atoms. The van der Waals surface area contributed by atoms with Gasteiger partial charge in [-0.15, -0.1) is 0 Å². The summed E-state index contributed by atoms with van der Waals surface area (Å²) in [5, 5.41) is 6.46. The number of carbonyl (C=O) groups excluding carboxylic acids is 2. The summed E-state index contributed by atoms with van der Waals surface area (Å²) in [7, 11) is 0. The highest BCUT2D eigenvalue weighted by Crippen LogP contribution is 2.13. The highest BCUT2D eigenvalue weighted by Gasteiger charge is 2.18. The van der Waals surface area contributed by atoms with Gasteiger partial charge >= 0.3 is 0 Å². The average molecular weight is 319 g/mol. The van der Waals surface area contributed by atoms with Crippen molar-refractivity contribution < 1.29 is 18.5 Å². The quantitative estimate of drug-likeness (QED) is 0.881. The molecular formula is C16H18FN3O3. The van der Waals surface area contributed by atoms with Gasteiger partial charge in [-0.05, 0) is 31.0 Å². The van der Waals surface area contributed by atoms with Crippen LogP contribution < -0.4 is 10.2 Å². The van der Waals surface area contributed by atoms with E-state index in [1.165, 1.54) is 24.0 Å². The van der Waals surface area contributed by atoms with Crippen molar-refractivity contribution in [3.63, 3.8) is 0 Å². The van der Waals surface area contributed by atoms with Crippen molar-refractivity contribution in [3.05, 3.63) is 47.5 Å². The largest absolute Gasteiger partial charge is 0.360 e. The zero-order chi connectivity index (χ0) is 16.8. The van der Waals surface area contributed by atoms with Gasteiger partial charge in [0.1, 0.15) is 18.1 Å². The van der Waals surface area contributed by atoms with Crippen molar-refractivity contribution in [1.29, 1.82) is 0 Å². The first-order valence-electron chi connectivity index (χ1n) is 7.18. The van der Waals surface area contributed by atoms with Crippen molar-refractivity contribution in [1.82, 2.24) is 10.5 Å². The third-order valence-electron chi connectivity index (χ3n) is 3.22. The Bertz CT molecular complexity index is 682. The van der Waals surface area contributed by atoms with Gasteiger partial charge in [-0.1, -0.05) is 17.3 Å². The van der Waals surface area contributed by atoms with Gasteiger partial charge < -0.3 is 9.84 Å². The number of halogens is 1. The maximum absolute atomic E-state index is 12.8. The second-order valence-electron chi connectivity index (χ2n) is 5.13. The Labute approximate surface area is 133 Å². The summed E-state index contributed by atoms with van der Waals surface area (Å²) < 4.78 is 17.7. The molecule has 1 aromatic carbocycles. The van der Waals surface area contributed by atoms with E-state index < -0.39 is 0 Å². The number of hydrogen-bond acceptors (Lipinski definition) is 4. The molecule has 0 spiro atoms. The molecule has 2 rings (SSSR count). The highest BCUT2D eigenvalue weighted by atomic mass is 19.1. The van der Waals surface area contributed by atoms with Gasteiger partial charge in [0.2, 0.25) is 11.8 Å². The number of aromatic nitrogens is 1. The summed E-state index contributed by atoms with van der Waals surface area (Å²) in [5.41, 5.74) is 0.919. The van der Waals surface area contributed by atoms with Crippen molar-refractivity contribution >= 4 is 17.6 Å². The summed E-state index contributed by atoms with van der Waals surface area (Å²) in [5.74, 6) is -0.0283. The molecule has 1 N–H and O–H groups in total. The maximum Gasteiger partial charge on any atom is 0.240 e. The Balaban J connectivity index is 1.85. The van der Waals surface area contributed by atoms with E-state index in [9.17, 15) is 14.0 Å². The smallest absolute Gasteiger partial charge is 0.240 e. The number of rotatable bonds is 6. The van der Waals surface area contributed by atoms with Crippen LogP contribution >= 0.6 is 0 Å². The molecule has 1 aromatic heterocycles. The molecule has 0 saturated heterocycles. The van der Waals surface area contributed by atoms with Crippen molar-refractivity contribution in [2.75, 3.05) is 18.0 Å². The third-order valence-corrected chi connectivity index (χ3v) is 3.22. The number of carbonyl (C=O) groups is 2. The fraction of sp³-hybridized carbons (Fsp3) is 0.312. The molecular weight excluding hydrogens is 301 g/mol. The number of nitrogens with zero attached hydrogens (tertiary/aromatic N) is 2. The molecule has 2 amide bonds. The van der Waals surface area contributed by atoms with Crippen LogP contribution in [0.4, 0.5) is 10.2 Å². The zero-order valence-corrected chi connectivity index (χ0v) is 13.0. The van der Waals surface area contributed by atoms with Crippen LogP contribution in [0.5, 0.6) is 0 Å². The lowest BCUT2D eigenvalue weighted by Gasteiger charge is -2.17. The van der Waals surface area contributed by atoms with E-state index in [2.05, 4.69) is 10.5 Å². The molecule has 0 saturated carbocycles. The molecule has 2 aromatic rings. The Morgan fingerprint density at radius 3 is 2.57 bits per heavy atom. The fourth-order valence-corrected chi connectivity index (χ4v) is 2.03. The number of anilines is 1. The first-order valence-corrected chi connectivity index (χ1v) is 7.18. The zero-order valence-electron chi connectivity index (χ0n) is 13.0. The molecule has 23 heavy (non-hydrogen) atoms. The van der Waals surface area contributed by atoms with Gasteiger partial charge in [0.15, 0.2) is 5.82 Å². The molecule has 0 aliphatic rings. The summed E-state index contributed by atoms with van der Waals surface area (Å²) in [4.78, 5) is 24.8. The topological polar surface area (TPSA) is 75.4 Å². The summed E-state index contributed by atoms with van der Waals surface area (Å²) in [6, 6.07) is 7.68. The molecule has 122 valence electrons. The average Bonchev–Trinajstić information content (AvgIpc) is 2.93. The van der Waals surface area contributed by atoms with Crippen LogP contribution in [0.1, 0.15) is 18.2 Å². The SMILES string of the molecule is CC(=O)N(CC(=O)NCCc1ccc(F)cc1)c1cc(C)on1. The first kappa shape index (κ1) is 16.7. The van der Waals surface area contributed by atoms with Gasteiger partial charge in [-0.25, -0.2) is 4.39 Å². The summed E-state index contributed by atoms with van der Waals surface area (Å²) >= 11 is 0. The molecule has 7 heteroatoms. The summed E-state index contributed by atoms with van der Waals surface area (Å²) in [6.45, 7) is 3.33. The molecule has 1 heterocycles. The van der Waals surface area contributed by atoms with Crippen LogP contribution in [0.25, 0.3) is 0 Å². The lowest BCUT2D eigenvalue weighted by atomic mass is 10.1. The fourth-order valence-electron chi connectivity index (χ4n) is 2.03. The Kier molecular flexibility index (Phi) is 5.46. The lowest BCUT2D eigenvalue weighted by Crippen LogP contribution is -2.40. The van der Waals surface area contributed by atoms with Crippen molar-refractivity contribution in [2.24, 2.45) is 0 Å². The van der Waals surface area contributed by atoms with Crippen LogP contribution in [-0.2, 0) is 16.0 Å². The number of aryl methyl sites for hydroxylation is 1. The van der Waals surface area contributed by atoms with Crippen molar-refractivity contribution in [3.8, 4) is 0 Å². The minimum atomic E-state index is -0.303. The van der Waals surface area contributed by atoms with E-state index in [-0.39, 0.29) is 24.2 Å². The molecule has 0 atom stereocenters. The molecule has 6 nitrogen and oxygen atoms in total. The second kappa shape index (κ2) is 7.53. The number of amides is 2. The first-order chi connectivity index (χ1) is 11.0. The van der Waals surface area contributed by atoms with Gasteiger partial charge in [-0.3, -0.25) is 14.5 Å². The number of hydrogen-bond donors (Lipinski definition) is 1. The van der Waals surface area contributed by atoms with E-state index in [1.807, 2.05) is 0 Å². The third kappa shape index (κ3) is 4.91. The monoisotopic (exact) mass is 319 g/mol. The molecule has 0 aliphatic heterocycles. The van der Waals surface area contributed by atoms with Gasteiger partial charge in [0, 0.05) is 19.5 Å². The number of nitrogens with one attached hydrogen (secondary N) is 1. The van der Waals surface area contributed by atoms with Gasteiger partial charge in [0.05, 0.1) is 0 Å². The normalized spacial score (nSPS) is 10.4. The van der Waals surface area contributed by atoms with E-state index >= 15 is 0 Å². The van der Waals surface area contributed by atoms with Crippen LogP contribution in [0.15, 0.2) is 34.9 Å². The minimum absolute atomic E-state index is 0.134. The van der Waals surface area contributed by atoms with E-state index in [0.29, 0.717) is 24.5 Å². The molecule has 0 unspecified atom stereocenters. The van der Waals surface area contributed by atoms with Crippen LogP contribution in [0.2, 0.25) is 0 Å². The van der Waals surface area contributed by atoms with E-state index in [0.717, 1.165) is 5.56 Å². The van der Waals surface area contributed by atoms with E-state index in [1.54, 1.807) is 25.1 Å². The Morgan fingerprint density at radius 2 is 2.00 bits per heavy atom. The highest BCUT2D eigenvalue weighted by molar-refractivity contribution is 5.96. The maximum atomic E-state index is 12.8. The Morgan fingerprint density at radius 1 is 1.30 bits per heavy atom. The predicted molar refractivity (Wildman–Crippen MR) is 82.4 cm³/mol. The molecule has 0 aliphatic carbocycles. The summed E-state index contributed by atoms with van der Waals surface area (Å²) in [6.07, 6.45) is 0.579. The van der Waals surface area contributed by atoms with Gasteiger partial charge in [0.25, 0.3) is 0 Å². The van der Waals surface area contributed by atoms with E-state index in [4.69, 9.17) is 4.52 Å². The van der Waals surface area contributed by atoms with Crippen LogP contribution in [-0.4, -0.2) is 30.1 Å². The van der Waals surface area contributed by atoms with Crippen LogP contribution in [0, 0.1) is 12.7 Å². The number of benzene rings is 1. The standard InChI is InChI=1S/C16H18FN3O3/c1-11-9-15(19-23-11)20(12(2)21)10-16(22)18-8-7-13-3-5-14(17)6-4-13/h3-6,9H,7-8,10H2,1-2H3,(H,18,22). The van der Waals surface area contributed by atoms with Crippen LogP contribution in [0.3, 0.4) is 0 Å². The molecule has 0 fully saturated rings. The van der Waals surface area contributed by atoms with Crippen molar-refractivity contribution in [2.45, 2.75) is 20.3 Å². The Hall–Kier alpha value is -2.70. The predicted octanol–water partition coefficient (Wildman–Crippen LogP) is 1.83. The minimum Gasteiger partial charge on any atom is -0.360 e. The lowest BCUT2D eigenvalue weighted by molar-refractivity contribution is -0.123. The van der Waals surface area contributed by atoms with Gasteiger partial charge in [-0.2, -0.15) is 0 Å². The second-order valence-corrected chi connectivity index (χ2v) is 5.13. The molecule has 0 radical (unpaired) electrons.